The number of nitrogens with zero attached hydrogens (tertiary/aromatic N) is 1. The first-order valence-electron chi connectivity index (χ1n) is 6.53. The second-order valence-corrected chi connectivity index (χ2v) is 5.94. The van der Waals surface area contributed by atoms with Crippen LogP contribution in [0.3, 0.4) is 0 Å². The molecule has 1 atom stereocenters. The summed E-state index contributed by atoms with van der Waals surface area (Å²) >= 11 is 1.77. The van der Waals surface area contributed by atoms with Crippen LogP contribution in [-0.2, 0) is 0 Å². The van der Waals surface area contributed by atoms with E-state index in [2.05, 4.69) is 61.7 Å². The third-order valence-corrected chi connectivity index (χ3v) is 3.89. The van der Waals surface area contributed by atoms with Crippen LogP contribution >= 0.6 is 11.3 Å². The lowest BCUT2D eigenvalue weighted by atomic mass is 10.2. The Labute approximate surface area is 110 Å². The smallest absolute Gasteiger partial charge is 0.0300 e. The van der Waals surface area contributed by atoms with Gasteiger partial charge in [-0.3, -0.25) is 4.90 Å². The van der Waals surface area contributed by atoms with Crippen molar-refractivity contribution in [2.75, 3.05) is 13.1 Å². The third-order valence-electron chi connectivity index (χ3n) is 3.19. The maximum absolute atomic E-state index is 3.59. The van der Waals surface area contributed by atoms with Gasteiger partial charge in [-0.1, -0.05) is 0 Å². The lowest BCUT2D eigenvalue weighted by molar-refractivity contribution is 0.174. The number of thiophene rings is 1. The van der Waals surface area contributed by atoms with Gasteiger partial charge in [0, 0.05) is 31.2 Å². The van der Waals surface area contributed by atoms with Crippen molar-refractivity contribution in [3.8, 4) is 0 Å². The van der Waals surface area contributed by atoms with Gasteiger partial charge in [-0.2, -0.15) is 11.3 Å². The van der Waals surface area contributed by atoms with Crippen molar-refractivity contribution in [1.82, 2.24) is 10.2 Å². The Kier molecular flexibility index (Phi) is 6.17. The standard InChI is InChI=1S/C14H26N2S/c1-11(2)16(12(3)4)8-7-15-13(5)14-6-9-17-10-14/h6,9-13,15H,7-8H2,1-5H3. The summed E-state index contributed by atoms with van der Waals surface area (Å²) in [6, 6.07) is 3.90. The molecule has 1 heterocycles. The summed E-state index contributed by atoms with van der Waals surface area (Å²) in [5, 5.41) is 7.95. The molecule has 1 aromatic rings. The first kappa shape index (κ1) is 14.7. The molecule has 0 aliphatic heterocycles. The highest BCUT2D eigenvalue weighted by atomic mass is 32.1. The lowest BCUT2D eigenvalue weighted by Gasteiger charge is -2.31. The van der Waals surface area contributed by atoms with Crippen LogP contribution in [0.15, 0.2) is 16.8 Å². The van der Waals surface area contributed by atoms with Crippen LogP contribution in [0.1, 0.15) is 46.2 Å². The minimum absolute atomic E-state index is 0.461. The molecule has 0 spiro atoms. The predicted octanol–water partition coefficient (Wildman–Crippen LogP) is 3.52. The SMILES string of the molecule is CC(NCCN(C(C)C)C(C)C)c1ccsc1. The van der Waals surface area contributed by atoms with Gasteiger partial charge in [-0.05, 0) is 57.0 Å². The molecule has 1 N–H and O–H groups in total. The topological polar surface area (TPSA) is 15.3 Å². The summed E-state index contributed by atoms with van der Waals surface area (Å²) in [5.41, 5.74) is 1.40. The van der Waals surface area contributed by atoms with Crippen LogP contribution in [0.2, 0.25) is 0 Å². The Balaban J connectivity index is 2.31. The Hall–Kier alpha value is -0.380. The van der Waals surface area contributed by atoms with Gasteiger partial charge < -0.3 is 5.32 Å². The van der Waals surface area contributed by atoms with Gasteiger partial charge in [-0.25, -0.2) is 0 Å². The summed E-state index contributed by atoms with van der Waals surface area (Å²) in [6.45, 7) is 13.5. The highest BCUT2D eigenvalue weighted by molar-refractivity contribution is 7.07. The normalized spacial score (nSPS) is 13.9. The summed E-state index contributed by atoms with van der Waals surface area (Å²) in [7, 11) is 0. The highest BCUT2D eigenvalue weighted by Gasteiger charge is 2.13. The maximum atomic E-state index is 3.59. The van der Waals surface area contributed by atoms with Gasteiger partial charge in [-0.15, -0.1) is 0 Å². The van der Waals surface area contributed by atoms with Crippen LogP contribution in [0.4, 0.5) is 0 Å². The van der Waals surface area contributed by atoms with Crippen LogP contribution in [-0.4, -0.2) is 30.1 Å². The Morgan fingerprint density at radius 3 is 2.29 bits per heavy atom. The van der Waals surface area contributed by atoms with Gasteiger partial charge >= 0.3 is 0 Å². The van der Waals surface area contributed by atoms with E-state index in [-0.39, 0.29) is 0 Å². The van der Waals surface area contributed by atoms with E-state index in [0.29, 0.717) is 18.1 Å². The molecule has 0 saturated carbocycles. The maximum Gasteiger partial charge on any atom is 0.0300 e. The number of nitrogens with one attached hydrogen (secondary N) is 1. The molecule has 0 amide bonds. The Morgan fingerprint density at radius 1 is 1.18 bits per heavy atom. The molecule has 0 aliphatic rings. The van der Waals surface area contributed by atoms with Crippen LogP contribution < -0.4 is 5.32 Å². The number of rotatable bonds is 7. The molecule has 2 nitrogen and oxygen atoms in total. The van der Waals surface area contributed by atoms with Gasteiger partial charge in [0.15, 0.2) is 0 Å². The molecular formula is C14H26N2S. The van der Waals surface area contributed by atoms with Gasteiger partial charge in [0.25, 0.3) is 0 Å². The zero-order valence-corrected chi connectivity index (χ0v) is 12.6. The fourth-order valence-electron chi connectivity index (χ4n) is 2.16. The highest BCUT2D eigenvalue weighted by Crippen LogP contribution is 2.15. The van der Waals surface area contributed by atoms with Gasteiger partial charge in [0.05, 0.1) is 0 Å². The fourth-order valence-corrected chi connectivity index (χ4v) is 2.92. The van der Waals surface area contributed by atoms with E-state index >= 15 is 0 Å². The molecule has 3 heteroatoms. The molecule has 0 bridgehead atoms. The molecule has 17 heavy (non-hydrogen) atoms. The van der Waals surface area contributed by atoms with Crippen molar-refractivity contribution < 1.29 is 0 Å². The fraction of sp³-hybridized carbons (Fsp3) is 0.714. The van der Waals surface area contributed by atoms with Crippen LogP contribution in [0, 0.1) is 0 Å². The van der Waals surface area contributed by atoms with Crippen LogP contribution in [0.5, 0.6) is 0 Å². The molecule has 0 radical (unpaired) electrons. The second-order valence-electron chi connectivity index (χ2n) is 5.16. The molecule has 0 saturated heterocycles. The molecule has 0 aromatic carbocycles. The van der Waals surface area contributed by atoms with E-state index in [4.69, 9.17) is 0 Å². The monoisotopic (exact) mass is 254 g/mol. The van der Waals surface area contributed by atoms with Crippen molar-refractivity contribution in [3.05, 3.63) is 22.4 Å². The molecule has 1 unspecified atom stereocenters. The lowest BCUT2D eigenvalue weighted by Crippen LogP contribution is -2.41. The first-order valence-corrected chi connectivity index (χ1v) is 7.48. The van der Waals surface area contributed by atoms with E-state index in [1.807, 2.05) is 0 Å². The van der Waals surface area contributed by atoms with E-state index < -0.39 is 0 Å². The second kappa shape index (κ2) is 7.14. The zero-order chi connectivity index (χ0) is 12.8. The predicted molar refractivity (Wildman–Crippen MR) is 77.7 cm³/mol. The summed E-state index contributed by atoms with van der Waals surface area (Å²) in [5.74, 6) is 0. The van der Waals surface area contributed by atoms with Crippen molar-refractivity contribution in [3.63, 3.8) is 0 Å². The van der Waals surface area contributed by atoms with Crippen molar-refractivity contribution >= 4 is 11.3 Å². The van der Waals surface area contributed by atoms with Gasteiger partial charge in [0.2, 0.25) is 0 Å². The van der Waals surface area contributed by atoms with Crippen molar-refractivity contribution in [1.29, 1.82) is 0 Å². The molecule has 0 aliphatic carbocycles. The summed E-state index contributed by atoms with van der Waals surface area (Å²) in [4.78, 5) is 2.52. The average Bonchev–Trinajstić information content (AvgIpc) is 2.76. The Morgan fingerprint density at radius 2 is 1.82 bits per heavy atom. The first-order chi connectivity index (χ1) is 8.02. The minimum atomic E-state index is 0.461. The van der Waals surface area contributed by atoms with E-state index in [9.17, 15) is 0 Å². The quantitative estimate of drug-likeness (QED) is 0.801. The van der Waals surface area contributed by atoms with Crippen LogP contribution in [0.25, 0.3) is 0 Å². The van der Waals surface area contributed by atoms with Crippen molar-refractivity contribution in [2.45, 2.75) is 52.7 Å². The van der Waals surface area contributed by atoms with E-state index in [0.717, 1.165) is 13.1 Å². The van der Waals surface area contributed by atoms with Gasteiger partial charge in [0.1, 0.15) is 0 Å². The molecule has 0 fully saturated rings. The van der Waals surface area contributed by atoms with E-state index in [1.54, 1.807) is 11.3 Å². The number of hydrogen-bond acceptors (Lipinski definition) is 3. The minimum Gasteiger partial charge on any atom is -0.309 e. The molecular weight excluding hydrogens is 228 g/mol. The molecule has 98 valence electrons. The average molecular weight is 254 g/mol. The zero-order valence-electron chi connectivity index (χ0n) is 11.7. The third kappa shape index (κ3) is 4.78. The largest absolute Gasteiger partial charge is 0.309 e. The Bertz CT molecular complexity index is 285. The number of hydrogen-bond donors (Lipinski definition) is 1. The van der Waals surface area contributed by atoms with Crippen molar-refractivity contribution in [2.24, 2.45) is 0 Å². The molecule has 1 rings (SSSR count). The summed E-state index contributed by atoms with van der Waals surface area (Å²) < 4.78 is 0. The summed E-state index contributed by atoms with van der Waals surface area (Å²) in [6.07, 6.45) is 0. The molecule has 1 aromatic heterocycles. The van der Waals surface area contributed by atoms with E-state index in [1.165, 1.54) is 5.56 Å².